The molecule has 0 N–H and O–H groups in total. The fourth-order valence-electron chi connectivity index (χ4n) is 6.32. The Balaban J connectivity index is 1.62. The van der Waals surface area contributed by atoms with Crippen molar-refractivity contribution in [2.45, 2.75) is 26.2 Å². The molecule has 0 radical (unpaired) electrons. The second kappa shape index (κ2) is 7.44. The largest absolute Gasteiger partial charge is 0.418 e. The molecule has 0 fully saturated rings. The Morgan fingerprint density at radius 1 is 0.619 bits per heavy atom. The maximum Gasteiger partial charge on any atom is 0.418 e. The Bertz CT molecular complexity index is 2620. The highest BCUT2D eigenvalue weighted by Crippen LogP contribution is 2.42. The lowest BCUT2D eigenvalue weighted by atomic mass is 9.96. The van der Waals surface area contributed by atoms with E-state index in [1.165, 1.54) is 22.6 Å². The number of aryl methyl sites for hydroxylation is 2. The molecule has 8 rings (SSSR count). The molecule has 8 aromatic rings. The zero-order chi connectivity index (χ0) is 29.6. The van der Waals surface area contributed by atoms with Crippen molar-refractivity contribution < 1.29 is 26.3 Å². The van der Waals surface area contributed by atoms with Gasteiger partial charge in [0.25, 0.3) is 11.1 Å². The third-order valence-corrected chi connectivity index (χ3v) is 8.00. The summed E-state index contributed by atoms with van der Waals surface area (Å²) < 4.78 is 85.1. The second-order valence-electron chi connectivity index (χ2n) is 10.6. The summed E-state index contributed by atoms with van der Waals surface area (Å²) >= 11 is 0. The van der Waals surface area contributed by atoms with Gasteiger partial charge in [-0.1, -0.05) is 6.07 Å². The van der Waals surface area contributed by atoms with Crippen LogP contribution in [0.4, 0.5) is 26.3 Å². The average molecular weight is 576 g/mol. The normalized spacial score (nSPS) is 13.4. The van der Waals surface area contributed by atoms with E-state index in [4.69, 9.17) is 4.98 Å². The van der Waals surface area contributed by atoms with Crippen LogP contribution in [0.25, 0.3) is 65.7 Å². The molecule has 0 unspecified atom stereocenters. The van der Waals surface area contributed by atoms with Gasteiger partial charge in [0.05, 0.1) is 27.7 Å². The van der Waals surface area contributed by atoms with E-state index in [9.17, 15) is 35.9 Å². The predicted molar refractivity (Wildman–Crippen MR) is 146 cm³/mol. The number of nitrogens with zero attached hydrogens (tertiary/aromatic N) is 4. The summed E-state index contributed by atoms with van der Waals surface area (Å²) in [6.45, 7) is 3.78. The fourth-order valence-corrected chi connectivity index (χ4v) is 6.32. The first-order valence-electron chi connectivity index (χ1n) is 12.7. The number of halogens is 6. The van der Waals surface area contributed by atoms with Crippen LogP contribution >= 0.6 is 0 Å². The smallest absolute Gasteiger partial charge is 0.268 e. The van der Waals surface area contributed by atoms with Gasteiger partial charge in [0, 0.05) is 32.3 Å². The Morgan fingerprint density at radius 3 is 1.64 bits per heavy atom. The lowest BCUT2D eigenvalue weighted by Crippen LogP contribution is -2.17. The van der Waals surface area contributed by atoms with E-state index >= 15 is 0 Å². The van der Waals surface area contributed by atoms with Crippen LogP contribution in [0, 0.1) is 13.8 Å². The molecule has 6 nitrogen and oxygen atoms in total. The quantitative estimate of drug-likeness (QED) is 0.144. The van der Waals surface area contributed by atoms with Gasteiger partial charge in [-0.3, -0.25) is 18.4 Å². The molecule has 0 bridgehead atoms. The Hall–Kier alpha value is -5.00. The molecular formula is C30H14F6N4O2. The number of benzene rings is 4. The van der Waals surface area contributed by atoms with Gasteiger partial charge in [0.1, 0.15) is 16.8 Å². The zero-order valence-electron chi connectivity index (χ0n) is 21.5. The van der Waals surface area contributed by atoms with E-state index in [0.717, 1.165) is 15.5 Å². The third-order valence-electron chi connectivity index (χ3n) is 8.00. The van der Waals surface area contributed by atoms with Gasteiger partial charge >= 0.3 is 12.4 Å². The lowest BCUT2D eigenvalue weighted by Gasteiger charge is -2.13. The van der Waals surface area contributed by atoms with Crippen molar-refractivity contribution in [1.29, 1.82) is 0 Å². The summed E-state index contributed by atoms with van der Waals surface area (Å²) in [4.78, 5) is 36.5. The van der Waals surface area contributed by atoms with Crippen LogP contribution in [0.5, 0.6) is 0 Å². The molecule has 0 saturated heterocycles. The van der Waals surface area contributed by atoms with Crippen LogP contribution in [-0.4, -0.2) is 18.8 Å². The first-order valence-corrected chi connectivity index (χ1v) is 12.7. The fraction of sp³-hybridized carbons (Fsp3) is 0.133. The Morgan fingerprint density at radius 2 is 1.12 bits per heavy atom. The summed E-state index contributed by atoms with van der Waals surface area (Å²) in [6, 6.07) is 10.3. The maximum absolute atomic E-state index is 14.0. The van der Waals surface area contributed by atoms with Crippen LogP contribution < -0.4 is 11.1 Å². The second-order valence-corrected chi connectivity index (χ2v) is 10.6. The van der Waals surface area contributed by atoms with Crippen LogP contribution in [0.2, 0.25) is 0 Å². The molecule has 4 aromatic heterocycles. The highest BCUT2D eigenvalue weighted by Gasteiger charge is 2.40. The summed E-state index contributed by atoms with van der Waals surface area (Å²) in [6.07, 6.45) is -10.3. The summed E-state index contributed by atoms with van der Waals surface area (Å²) in [5.41, 5.74) is -2.65. The number of fused-ring (bicyclic) bond motifs is 8. The number of alkyl halides is 6. The molecule has 0 spiro atoms. The number of pyridine rings is 2. The topological polar surface area (TPSA) is 68.7 Å². The van der Waals surface area contributed by atoms with Gasteiger partial charge in [0.2, 0.25) is 0 Å². The van der Waals surface area contributed by atoms with E-state index in [-0.39, 0.29) is 33.3 Å². The van der Waals surface area contributed by atoms with Gasteiger partial charge in [-0.2, -0.15) is 26.3 Å². The molecule has 4 aromatic carbocycles. The number of rotatable bonds is 0. The highest BCUT2D eigenvalue weighted by molar-refractivity contribution is 6.27. The number of hydrogen-bond acceptors (Lipinski definition) is 4. The van der Waals surface area contributed by atoms with Crippen molar-refractivity contribution in [3.63, 3.8) is 0 Å². The van der Waals surface area contributed by atoms with Gasteiger partial charge < -0.3 is 0 Å². The minimum atomic E-state index is -5.17. The molecule has 0 saturated carbocycles. The summed E-state index contributed by atoms with van der Waals surface area (Å²) in [5, 5.41) is 1.68. The van der Waals surface area contributed by atoms with Crippen LogP contribution in [0.3, 0.4) is 0 Å². The molecule has 0 aliphatic heterocycles. The third kappa shape index (κ3) is 2.96. The first-order chi connectivity index (χ1) is 19.8. The van der Waals surface area contributed by atoms with Crippen molar-refractivity contribution in [3.8, 4) is 0 Å². The van der Waals surface area contributed by atoms with E-state index < -0.39 is 45.6 Å². The van der Waals surface area contributed by atoms with E-state index in [1.54, 1.807) is 6.07 Å². The molecule has 4 heterocycles. The van der Waals surface area contributed by atoms with E-state index in [2.05, 4.69) is 4.98 Å². The average Bonchev–Trinajstić information content (AvgIpc) is 3.48. The molecule has 42 heavy (non-hydrogen) atoms. The summed E-state index contributed by atoms with van der Waals surface area (Å²) in [7, 11) is 0. The van der Waals surface area contributed by atoms with Crippen molar-refractivity contribution >= 4 is 65.7 Å². The lowest BCUT2D eigenvalue weighted by molar-refractivity contribution is -0.142. The van der Waals surface area contributed by atoms with Crippen molar-refractivity contribution in [2.75, 3.05) is 0 Å². The van der Waals surface area contributed by atoms with Crippen molar-refractivity contribution in [2.24, 2.45) is 0 Å². The molecule has 208 valence electrons. The Labute approximate surface area is 228 Å². The summed E-state index contributed by atoms with van der Waals surface area (Å²) in [5.74, 6) is 0. The molecule has 0 atom stereocenters. The van der Waals surface area contributed by atoms with Gasteiger partial charge in [-0.25, -0.2) is 9.97 Å². The van der Waals surface area contributed by atoms with Gasteiger partial charge in [-0.05, 0) is 67.4 Å². The SMILES string of the molecule is Cc1cc(C)c2nc3c4ccc5c(=O)n6c7cc(C(F)(F)F)cc(C(F)(F)F)c7nc6c6ccc(c(=O)n3c2c1)c4c56. The Kier molecular flexibility index (Phi) is 4.39. The monoisotopic (exact) mass is 576 g/mol. The molecule has 0 aliphatic rings. The molecule has 0 aliphatic carbocycles. The van der Waals surface area contributed by atoms with Crippen LogP contribution in [-0.2, 0) is 12.4 Å². The predicted octanol–water partition coefficient (Wildman–Crippen LogP) is 7.00. The number of aromatic nitrogens is 4. The first kappa shape index (κ1) is 24.8. The van der Waals surface area contributed by atoms with Crippen molar-refractivity contribution in [3.05, 3.63) is 91.5 Å². The number of imidazole rings is 2. The van der Waals surface area contributed by atoms with Crippen LogP contribution in [0.15, 0.2) is 58.1 Å². The minimum absolute atomic E-state index is 0.000942. The van der Waals surface area contributed by atoms with E-state index in [0.29, 0.717) is 33.5 Å². The molecular weight excluding hydrogens is 562 g/mol. The zero-order valence-corrected chi connectivity index (χ0v) is 21.5. The standard InChI is InChI=1S/C30H14F6N4O2/c1-11-7-12(2)23-19(8-11)39-25(37-23)14-3-5-17-22-15(4-6-16(21(14)22)27(39)41)26-38-24-18(30(34,35)36)9-13(29(31,32)33)10-20(24)40(26)28(17)42/h3-10H,1-2H3. The van der Waals surface area contributed by atoms with Gasteiger partial charge in [0.15, 0.2) is 0 Å². The molecule has 0 amide bonds. The van der Waals surface area contributed by atoms with E-state index in [1.807, 2.05) is 26.0 Å². The van der Waals surface area contributed by atoms with Gasteiger partial charge in [-0.15, -0.1) is 0 Å². The highest BCUT2D eigenvalue weighted by atomic mass is 19.4. The van der Waals surface area contributed by atoms with Crippen molar-refractivity contribution in [1.82, 2.24) is 18.8 Å². The maximum atomic E-state index is 14.0. The molecule has 12 heteroatoms. The van der Waals surface area contributed by atoms with Crippen LogP contribution in [0.1, 0.15) is 22.3 Å². The minimum Gasteiger partial charge on any atom is -0.268 e. The number of hydrogen-bond donors (Lipinski definition) is 0.